The van der Waals surface area contributed by atoms with E-state index in [9.17, 15) is 4.39 Å². The number of rotatable bonds is 1. The van der Waals surface area contributed by atoms with Crippen LogP contribution in [0, 0.1) is 12.7 Å². The Kier molecular flexibility index (Phi) is 2.68. The van der Waals surface area contributed by atoms with E-state index >= 15 is 0 Å². The maximum absolute atomic E-state index is 13.6. The van der Waals surface area contributed by atoms with Crippen molar-refractivity contribution >= 4 is 5.69 Å². The summed E-state index contributed by atoms with van der Waals surface area (Å²) in [5.74, 6) is -0.325. The molecule has 0 bridgehead atoms. The summed E-state index contributed by atoms with van der Waals surface area (Å²) in [7, 11) is 0. The minimum absolute atomic E-state index is 0.203. The van der Waals surface area contributed by atoms with Crippen LogP contribution in [0.5, 0.6) is 0 Å². The zero-order valence-corrected chi connectivity index (χ0v) is 7.87. The minimum Gasteiger partial charge on any atom is -0.378 e. The molecule has 0 amide bonds. The summed E-state index contributed by atoms with van der Waals surface area (Å²) in [6.07, 6.45) is 0. The highest BCUT2D eigenvalue weighted by molar-refractivity contribution is 5.51. The molecule has 0 aromatic heterocycles. The Bertz CT molecular complexity index is 321. The first-order valence-electron chi connectivity index (χ1n) is 4.66. The van der Waals surface area contributed by atoms with Crippen LogP contribution in [0.3, 0.4) is 0 Å². The van der Waals surface area contributed by atoms with Gasteiger partial charge in [-0.3, -0.25) is 0 Å². The van der Waals surface area contributed by atoms with Crippen molar-refractivity contribution in [3.8, 4) is 0 Å². The molecule has 0 N–H and O–H groups in total. The van der Waals surface area contributed by atoms with Crippen LogP contribution in [0.25, 0.3) is 0 Å². The molecule has 1 fully saturated rings. The highest BCUT2D eigenvalue weighted by Crippen LogP contribution is 2.22. The summed E-state index contributed by atoms with van der Waals surface area (Å²) in [4.78, 5) is 1.95. The predicted octanol–water partition coefficient (Wildman–Crippen LogP) is 1.72. The molecule has 3 heteroatoms. The molecule has 1 aliphatic rings. The third kappa shape index (κ3) is 1.73. The fourth-order valence-electron chi connectivity index (χ4n) is 1.59. The third-order valence-electron chi connectivity index (χ3n) is 2.36. The van der Waals surface area contributed by atoms with E-state index < -0.39 is 0 Å². The van der Waals surface area contributed by atoms with E-state index in [0.29, 0.717) is 18.9 Å². The normalized spacial score (nSPS) is 17.1. The van der Waals surface area contributed by atoms with Gasteiger partial charge in [0.15, 0.2) is 0 Å². The van der Waals surface area contributed by atoms with Gasteiger partial charge in [0, 0.05) is 20.0 Å². The minimum atomic E-state index is -0.325. The van der Waals surface area contributed by atoms with Crippen LogP contribution in [0.4, 0.5) is 10.1 Å². The van der Waals surface area contributed by atoms with E-state index in [0.717, 1.165) is 13.1 Å². The first kappa shape index (κ1) is 9.46. The number of hydrogen-bond donors (Lipinski definition) is 0. The number of ether oxygens (including phenoxy) is 1. The van der Waals surface area contributed by atoms with Crippen LogP contribution in [0.1, 0.15) is 5.56 Å². The summed E-state index contributed by atoms with van der Waals surface area (Å²) in [5, 5.41) is 0. The van der Waals surface area contributed by atoms with Crippen molar-refractivity contribution in [1.29, 1.82) is 0 Å². The molecule has 74 valence electrons. The molecular formula is C11H12FNO. The fourth-order valence-corrected chi connectivity index (χ4v) is 1.59. The monoisotopic (exact) mass is 193 g/mol. The second-order valence-corrected chi connectivity index (χ2v) is 3.28. The van der Waals surface area contributed by atoms with Gasteiger partial charge in [-0.05, 0) is 11.6 Å². The standard InChI is InChI=1S/C11H12FNO/c1-9-3-2-4-10(11(9)12)13-5-7-14-8-6-13/h1-4H,5-8H2. The summed E-state index contributed by atoms with van der Waals surface area (Å²) >= 11 is 0. The Morgan fingerprint density at radius 1 is 1.29 bits per heavy atom. The highest BCUT2D eigenvalue weighted by Gasteiger charge is 2.15. The van der Waals surface area contributed by atoms with Gasteiger partial charge in [0.1, 0.15) is 5.82 Å². The molecule has 1 aromatic rings. The number of halogens is 1. The van der Waals surface area contributed by atoms with E-state index in [-0.39, 0.29) is 11.4 Å². The first-order valence-corrected chi connectivity index (χ1v) is 4.66. The summed E-state index contributed by atoms with van der Waals surface area (Å²) in [5.41, 5.74) is 0.780. The lowest BCUT2D eigenvalue weighted by Gasteiger charge is -2.29. The fraction of sp³-hybridized carbons (Fsp3) is 0.364. The Labute approximate surface area is 83.3 Å². The third-order valence-corrected chi connectivity index (χ3v) is 2.36. The van der Waals surface area contributed by atoms with Crippen molar-refractivity contribution in [2.45, 2.75) is 0 Å². The Morgan fingerprint density at radius 3 is 2.71 bits per heavy atom. The predicted molar refractivity (Wildman–Crippen MR) is 52.8 cm³/mol. The molecular weight excluding hydrogens is 181 g/mol. The summed E-state index contributed by atoms with van der Waals surface area (Å²) < 4.78 is 18.8. The van der Waals surface area contributed by atoms with Gasteiger partial charge >= 0.3 is 0 Å². The van der Waals surface area contributed by atoms with Crippen LogP contribution in [0.2, 0.25) is 0 Å². The van der Waals surface area contributed by atoms with Gasteiger partial charge < -0.3 is 9.64 Å². The average Bonchev–Trinajstić information content (AvgIpc) is 2.23. The SMILES string of the molecule is [CH]c1cccc(N2CCOCC2)c1F. The van der Waals surface area contributed by atoms with Gasteiger partial charge in [0.2, 0.25) is 0 Å². The van der Waals surface area contributed by atoms with E-state index in [1.165, 1.54) is 0 Å². The summed E-state index contributed by atoms with van der Waals surface area (Å²) in [6.45, 7) is 8.23. The van der Waals surface area contributed by atoms with Crippen LogP contribution in [-0.2, 0) is 4.74 Å². The zero-order valence-electron chi connectivity index (χ0n) is 7.87. The van der Waals surface area contributed by atoms with Crippen LogP contribution < -0.4 is 4.90 Å². The van der Waals surface area contributed by atoms with Crippen molar-refractivity contribution in [2.24, 2.45) is 0 Å². The molecule has 1 saturated heterocycles. The molecule has 1 aliphatic heterocycles. The molecule has 0 saturated carbocycles. The quantitative estimate of drug-likeness (QED) is 0.673. The van der Waals surface area contributed by atoms with Crippen molar-refractivity contribution in [2.75, 3.05) is 31.2 Å². The zero-order chi connectivity index (χ0) is 9.97. The lowest BCUT2D eigenvalue weighted by atomic mass is 10.2. The molecule has 0 spiro atoms. The van der Waals surface area contributed by atoms with Gasteiger partial charge in [0.25, 0.3) is 0 Å². The molecule has 0 atom stereocenters. The van der Waals surface area contributed by atoms with Gasteiger partial charge in [-0.1, -0.05) is 12.1 Å². The van der Waals surface area contributed by atoms with Crippen molar-refractivity contribution in [3.05, 3.63) is 36.5 Å². The average molecular weight is 193 g/mol. The van der Waals surface area contributed by atoms with Crippen molar-refractivity contribution in [3.63, 3.8) is 0 Å². The molecule has 14 heavy (non-hydrogen) atoms. The number of nitrogens with zero attached hydrogens (tertiary/aromatic N) is 1. The van der Waals surface area contributed by atoms with Gasteiger partial charge in [-0.2, -0.15) is 0 Å². The first-order chi connectivity index (χ1) is 6.79. The molecule has 1 aromatic carbocycles. The van der Waals surface area contributed by atoms with Crippen LogP contribution in [-0.4, -0.2) is 26.3 Å². The van der Waals surface area contributed by atoms with Gasteiger partial charge in [-0.25, -0.2) is 4.39 Å². The van der Waals surface area contributed by atoms with Crippen molar-refractivity contribution < 1.29 is 9.13 Å². The Morgan fingerprint density at radius 2 is 2.00 bits per heavy atom. The van der Waals surface area contributed by atoms with Gasteiger partial charge in [0.05, 0.1) is 18.9 Å². The number of hydrogen-bond acceptors (Lipinski definition) is 2. The Balaban J connectivity index is 2.26. The lowest BCUT2D eigenvalue weighted by Crippen LogP contribution is -2.36. The van der Waals surface area contributed by atoms with E-state index in [4.69, 9.17) is 11.7 Å². The van der Waals surface area contributed by atoms with Crippen LogP contribution >= 0.6 is 0 Å². The smallest absolute Gasteiger partial charge is 0.149 e. The van der Waals surface area contributed by atoms with E-state index in [1.807, 2.05) is 4.90 Å². The molecule has 2 nitrogen and oxygen atoms in total. The Hall–Kier alpha value is -1.09. The number of anilines is 1. The van der Waals surface area contributed by atoms with E-state index in [2.05, 4.69) is 0 Å². The van der Waals surface area contributed by atoms with Gasteiger partial charge in [-0.15, -0.1) is 0 Å². The second kappa shape index (κ2) is 3.96. The number of morpholine rings is 1. The molecule has 0 unspecified atom stereocenters. The van der Waals surface area contributed by atoms with E-state index in [1.54, 1.807) is 18.2 Å². The van der Waals surface area contributed by atoms with Crippen LogP contribution in [0.15, 0.2) is 18.2 Å². The number of benzene rings is 1. The highest BCUT2D eigenvalue weighted by atomic mass is 19.1. The lowest BCUT2D eigenvalue weighted by molar-refractivity contribution is 0.122. The molecule has 2 radical (unpaired) electrons. The van der Waals surface area contributed by atoms with Crippen molar-refractivity contribution in [1.82, 2.24) is 0 Å². The largest absolute Gasteiger partial charge is 0.378 e. The molecule has 0 aliphatic carbocycles. The molecule has 1 heterocycles. The topological polar surface area (TPSA) is 12.5 Å². The summed E-state index contributed by atoms with van der Waals surface area (Å²) in [6, 6.07) is 5.08. The maximum Gasteiger partial charge on any atom is 0.149 e. The maximum atomic E-state index is 13.6. The molecule has 2 rings (SSSR count). The second-order valence-electron chi connectivity index (χ2n) is 3.28.